The number of hydrogen-bond donors (Lipinski definition) is 0. The number of methoxy groups -OCH3 is 1. The van der Waals surface area contributed by atoms with Crippen molar-refractivity contribution in [3.8, 4) is 0 Å². The molecule has 1 aromatic rings. The molecule has 1 unspecified atom stereocenters. The van der Waals surface area contributed by atoms with Crippen LogP contribution < -0.4 is 0 Å². The average molecular weight is 249 g/mol. The van der Waals surface area contributed by atoms with Gasteiger partial charge in [-0.25, -0.2) is 13.6 Å². The number of rotatable bonds is 3. The Balaban J connectivity index is 3.05. The van der Waals surface area contributed by atoms with Crippen LogP contribution in [-0.4, -0.2) is 18.9 Å². The minimum atomic E-state index is -1.59. The number of alkyl halides is 1. The molecule has 0 aliphatic rings. The molecule has 0 heterocycles. The number of ketones is 1. The molecule has 0 spiro atoms. The van der Waals surface area contributed by atoms with E-state index in [1.165, 1.54) is 6.07 Å². The fourth-order valence-corrected chi connectivity index (χ4v) is 1.32. The van der Waals surface area contributed by atoms with Crippen LogP contribution in [0.25, 0.3) is 0 Å². The molecule has 0 aliphatic heterocycles. The molecule has 6 heteroatoms. The number of carbonyl (C=O) groups excluding carboxylic acids is 2. The number of hydrogen-bond acceptors (Lipinski definition) is 3. The zero-order valence-corrected chi connectivity index (χ0v) is 8.92. The largest absolute Gasteiger partial charge is 0.463 e. The first-order valence-electron chi connectivity index (χ1n) is 4.19. The van der Waals surface area contributed by atoms with Crippen molar-refractivity contribution in [2.45, 2.75) is 5.38 Å². The summed E-state index contributed by atoms with van der Waals surface area (Å²) in [5.74, 6) is -4.74. The highest BCUT2D eigenvalue weighted by Crippen LogP contribution is 2.25. The smallest absolute Gasteiger partial charge is 0.376 e. The monoisotopic (exact) mass is 248 g/mol. The van der Waals surface area contributed by atoms with Crippen LogP contribution in [0.3, 0.4) is 0 Å². The van der Waals surface area contributed by atoms with Crippen LogP contribution in [0.5, 0.6) is 0 Å². The fourth-order valence-electron chi connectivity index (χ4n) is 1.06. The van der Waals surface area contributed by atoms with Gasteiger partial charge >= 0.3 is 5.97 Å². The van der Waals surface area contributed by atoms with E-state index in [0.717, 1.165) is 19.2 Å². The van der Waals surface area contributed by atoms with Gasteiger partial charge in [-0.1, -0.05) is 12.1 Å². The van der Waals surface area contributed by atoms with Crippen molar-refractivity contribution < 1.29 is 23.1 Å². The molecule has 0 aliphatic carbocycles. The summed E-state index contributed by atoms with van der Waals surface area (Å²) in [6.07, 6.45) is 0. The van der Waals surface area contributed by atoms with Crippen LogP contribution in [-0.2, 0) is 14.3 Å². The zero-order chi connectivity index (χ0) is 12.3. The van der Waals surface area contributed by atoms with Crippen LogP contribution in [0.4, 0.5) is 8.78 Å². The molecule has 1 atom stereocenters. The maximum atomic E-state index is 13.2. The van der Waals surface area contributed by atoms with Crippen molar-refractivity contribution >= 4 is 23.4 Å². The van der Waals surface area contributed by atoms with Gasteiger partial charge in [-0.2, -0.15) is 0 Å². The molecule has 0 N–H and O–H groups in total. The molecular formula is C10H7ClF2O3. The first kappa shape index (κ1) is 12.6. The zero-order valence-electron chi connectivity index (χ0n) is 8.17. The third-order valence-corrected chi connectivity index (χ3v) is 2.30. The molecule has 0 amide bonds. The number of Topliss-reactive ketones (excluding diaryl/α,β-unsaturated/α-hetero) is 1. The Morgan fingerprint density at radius 2 is 2.00 bits per heavy atom. The fraction of sp³-hybridized carbons (Fsp3) is 0.200. The molecule has 0 bridgehead atoms. The van der Waals surface area contributed by atoms with E-state index in [4.69, 9.17) is 11.6 Å². The molecule has 0 radical (unpaired) electrons. The minimum Gasteiger partial charge on any atom is -0.463 e. The summed E-state index contributed by atoms with van der Waals surface area (Å²) in [4.78, 5) is 22.1. The molecule has 0 saturated heterocycles. The first-order chi connectivity index (χ1) is 7.49. The highest BCUT2D eigenvalue weighted by Gasteiger charge is 2.28. The second kappa shape index (κ2) is 5.03. The number of esters is 1. The van der Waals surface area contributed by atoms with E-state index in [-0.39, 0.29) is 0 Å². The first-order valence-corrected chi connectivity index (χ1v) is 4.62. The summed E-state index contributed by atoms with van der Waals surface area (Å²) in [6, 6.07) is 3.19. The van der Waals surface area contributed by atoms with Gasteiger partial charge in [-0.15, -0.1) is 11.6 Å². The maximum absolute atomic E-state index is 13.2. The molecular weight excluding hydrogens is 242 g/mol. The van der Waals surface area contributed by atoms with E-state index >= 15 is 0 Å². The lowest BCUT2D eigenvalue weighted by Gasteiger charge is -2.08. The van der Waals surface area contributed by atoms with Crippen molar-refractivity contribution in [3.05, 3.63) is 35.4 Å². The SMILES string of the molecule is COC(=O)C(=O)C(Cl)c1cccc(F)c1F. The number of ether oxygens (including phenoxy) is 1. The predicted octanol–water partition coefficient (Wildman–Crippen LogP) is 1.99. The van der Waals surface area contributed by atoms with Gasteiger partial charge < -0.3 is 4.74 Å². The summed E-state index contributed by atoms with van der Waals surface area (Å²) < 4.78 is 30.2. The van der Waals surface area contributed by atoms with Crippen molar-refractivity contribution in [1.29, 1.82) is 0 Å². The Hall–Kier alpha value is -1.49. The van der Waals surface area contributed by atoms with Crippen LogP contribution in [0.15, 0.2) is 18.2 Å². The summed E-state index contributed by atoms with van der Waals surface area (Å²) in [7, 11) is 0.992. The topological polar surface area (TPSA) is 43.4 Å². The highest BCUT2D eigenvalue weighted by atomic mass is 35.5. The second-order valence-corrected chi connectivity index (χ2v) is 3.30. The Morgan fingerprint density at radius 3 is 2.56 bits per heavy atom. The van der Waals surface area contributed by atoms with E-state index < -0.39 is 34.3 Å². The summed E-state index contributed by atoms with van der Waals surface area (Å²) in [5, 5.41) is -1.59. The van der Waals surface area contributed by atoms with E-state index in [1.807, 2.05) is 0 Å². The van der Waals surface area contributed by atoms with E-state index in [0.29, 0.717) is 0 Å². The number of halogens is 3. The van der Waals surface area contributed by atoms with Crippen LogP contribution in [0, 0.1) is 11.6 Å². The van der Waals surface area contributed by atoms with E-state index in [2.05, 4.69) is 4.74 Å². The van der Waals surface area contributed by atoms with E-state index in [9.17, 15) is 18.4 Å². The lowest BCUT2D eigenvalue weighted by molar-refractivity contribution is -0.151. The minimum absolute atomic E-state index is 0.392. The third kappa shape index (κ3) is 2.36. The number of benzene rings is 1. The molecule has 0 aromatic heterocycles. The van der Waals surface area contributed by atoms with Crippen molar-refractivity contribution in [2.75, 3.05) is 7.11 Å². The van der Waals surface area contributed by atoms with Crippen molar-refractivity contribution in [1.82, 2.24) is 0 Å². The highest BCUT2D eigenvalue weighted by molar-refractivity contribution is 6.47. The van der Waals surface area contributed by atoms with Crippen molar-refractivity contribution in [2.24, 2.45) is 0 Å². The van der Waals surface area contributed by atoms with Gasteiger partial charge in [0.25, 0.3) is 5.78 Å². The third-order valence-electron chi connectivity index (χ3n) is 1.87. The Kier molecular flexibility index (Phi) is 3.95. The predicted molar refractivity (Wildman–Crippen MR) is 52.0 cm³/mol. The normalized spacial score (nSPS) is 12.0. The quantitative estimate of drug-likeness (QED) is 0.467. The van der Waals surface area contributed by atoms with Crippen molar-refractivity contribution in [3.63, 3.8) is 0 Å². The maximum Gasteiger partial charge on any atom is 0.376 e. The van der Waals surface area contributed by atoms with Crippen LogP contribution in [0.1, 0.15) is 10.9 Å². The molecule has 1 rings (SSSR count). The molecule has 3 nitrogen and oxygen atoms in total. The average Bonchev–Trinajstić information content (AvgIpc) is 2.29. The Bertz CT molecular complexity index is 434. The van der Waals surface area contributed by atoms with Gasteiger partial charge in [0.15, 0.2) is 11.6 Å². The second-order valence-electron chi connectivity index (χ2n) is 2.86. The van der Waals surface area contributed by atoms with Crippen LogP contribution in [0.2, 0.25) is 0 Å². The van der Waals surface area contributed by atoms with Gasteiger partial charge in [0.2, 0.25) is 0 Å². The molecule has 0 saturated carbocycles. The van der Waals surface area contributed by atoms with Gasteiger partial charge in [-0.05, 0) is 6.07 Å². The van der Waals surface area contributed by atoms with Gasteiger partial charge in [0.1, 0.15) is 5.38 Å². The van der Waals surface area contributed by atoms with Gasteiger partial charge in [0.05, 0.1) is 7.11 Å². The van der Waals surface area contributed by atoms with Gasteiger partial charge in [0, 0.05) is 5.56 Å². The van der Waals surface area contributed by atoms with E-state index in [1.54, 1.807) is 0 Å². The molecule has 16 heavy (non-hydrogen) atoms. The molecule has 86 valence electrons. The lowest BCUT2D eigenvalue weighted by atomic mass is 10.1. The van der Waals surface area contributed by atoms with Crippen LogP contribution >= 0.6 is 11.6 Å². The lowest BCUT2D eigenvalue weighted by Crippen LogP contribution is -2.21. The molecule has 1 aromatic carbocycles. The standard InChI is InChI=1S/C10H7ClF2O3/c1-16-10(15)9(14)7(11)5-3-2-4-6(12)8(5)13/h2-4,7H,1H3. The van der Waals surface area contributed by atoms with Gasteiger partial charge in [-0.3, -0.25) is 4.79 Å². The summed E-state index contributed by atoms with van der Waals surface area (Å²) in [6.45, 7) is 0. The summed E-state index contributed by atoms with van der Waals surface area (Å²) in [5.41, 5.74) is -0.392. The number of carbonyl (C=O) groups is 2. The Labute approximate surface area is 95.0 Å². The summed E-state index contributed by atoms with van der Waals surface area (Å²) >= 11 is 5.55. The molecule has 0 fully saturated rings. The Morgan fingerprint density at radius 1 is 1.38 bits per heavy atom.